The van der Waals surface area contributed by atoms with Crippen molar-refractivity contribution in [2.75, 3.05) is 18.9 Å². The molecule has 4 heteroatoms. The highest BCUT2D eigenvalue weighted by Crippen LogP contribution is 2.22. The van der Waals surface area contributed by atoms with Crippen molar-refractivity contribution >= 4 is 11.6 Å². The van der Waals surface area contributed by atoms with Gasteiger partial charge in [-0.2, -0.15) is 0 Å². The molecule has 2 rings (SSSR count). The quantitative estimate of drug-likeness (QED) is 0.871. The molecule has 2 atom stereocenters. The van der Waals surface area contributed by atoms with Crippen LogP contribution >= 0.6 is 0 Å². The first-order valence-corrected chi connectivity index (χ1v) is 6.91. The van der Waals surface area contributed by atoms with Gasteiger partial charge in [-0.05, 0) is 25.0 Å². The largest absolute Gasteiger partial charge is 0.391 e. The molecule has 19 heavy (non-hydrogen) atoms. The van der Waals surface area contributed by atoms with Gasteiger partial charge in [-0.25, -0.2) is 0 Å². The van der Waals surface area contributed by atoms with E-state index in [0.29, 0.717) is 0 Å². The number of anilines is 1. The van der Waals surface area contributed by atoms with Gasteiger partial charge in [0.15, 0.2) is 0 Å². The van der Waals surface area contributed by atoms with Gasteiger partial charge in [-0.1, -0.05) is 31.0 Å². The van der Waals surface area contributed by atoms with Crippen LogP contribution in [0.2, 0.25) is 0 Å². The molecule has 0 spiro atoms. The van der Waals surface area contributed by atoms with Crippen LogP contribution < -0.4 is 5.32 Å². The number of rotatable bonds is 4. The molecule has 1 aliphatic carbocycles. The Morgan fingerprint density at radius 2 is 2.00 bits per heavy atom. The molecule has 2 unspecified atom stereocenters. The smallest absolute Gasteiger partial charge is 0.241 e. The number of para-hydroxylation sites is 1. The van der Waals surface area contributed by atoms with Crippen LogP contribution in [0.4, 0.5) is 5.69 Å². The van der Waals surface area contributed by atoms with E-state index in [0.717, 1.165) is 31.4 Å². The molecule has 0 heterocycles. The first kappa shape index (κ1) is 13.9. The first-order valence-electron chi connectivity index (χ1n) is 6.91. The summed E-state index contributed by atoms with van der Waals surface area (Å²) < 4.78 is 0. The molecule has 104 valence electrons. The maximum absolute atomic E-state index is 12.1. The first-order chi connectivity index (χ1) is 9.18. The number of hydrogen-bond donors (Lipinski definition) is 2. The second-order valence-corrected chi connectivity index (χ2v) is 5.14. The minimum atomic E-state index is -0.376. The summed E-state index contributed by atoms with van der Waals surface area (Å²) >= 11 is 0. The third-order valence-corrected chi connectivity index (χ3v) is 3.80. The lowest BCUT2D eigenvalue weighted by Gasteiger charge is -2.35. The molecule has 1 aromatic carbocycles. The van der Waals surface area contributed by atoms with Gasteiger partial charge < -0.3 is 15.3 Å². The molecule has 0 radical (unpaired) electrons. The summed E-state index contributed by atoms with van der Waals surface area (Å²) in [4.78, 5) is 13.8. The third kappa shape index (κ3) is 3.70. The molecule has 1 aromatic rings. The lowest BCUT2D eigenvalue weighted by molar-refractivity contribution is -0.133. The van der Waals surface area contributed by atoms with Crippen molar-refractivity contribution in [2.24, 2.45) is 0 Å². The van der Waals surface area contributed by atoms with Crippen LogP contribution in [0.15, 0.2) is 30.3 Å². The number of carbonyl (C=O) groups excluding carboxylic acids is 1. The average molecular weight is 262 g/mol. The van der Waals surface area contributed by atoms with Crippen molar-refractivity contribution in [1.82, 2.24) is 4.90 Å². The second kappa shape index (κ2) is 6.57. The lowest BCUT2D eigenvalue weighted by Crippen LogP contribution is -2.48. The summed E-state index contributed by atoms with van der Waals surface area (Å²) in [7, 11) is 1.79. The fourth-order valence-electron chi connectivity index (χ4n) is 2.59. The topological polar surface area (TPSA) is 52.6 Å². The van der Waals surface area contributed by atoms with Crippen LogP contribution in [0.1, 0.15) is 25.7 Å². The monoisotopic (exact) mass is 262 g/mol. The highest BCUT2D eigenvalue weighted by Gasteiger charge is 2.28. The van der Waals surface area contributed by atoms with Crippen molar-refractivity contribution in [2.45, 2.75) is 37.8 Å². The average Bonchev–Trinajstić information content (AvgIpc) is 2.45. The van der Waals surface area contributed by atoms with E-state index in [2.05, 4.69) is 5.32 Å². The molecular formula is C15H22N2O2. The predicted octanol–water partition coefficient (Wildman–Crippen LogP) is 1.86. The Morgan fingerprint density at radius 3 is 2.68 bits per heavy atom. The fraction of sp³-hybridized carbons (Fsp3) is 0.533. The van der Waals surface area contributed by atoms with E-state index in [1.165, 1.54) is 0 Å². The van der Waals surface area contributed by atoms with Crippen molar-refractivity contribution in [3.8, 4) is 0 Å². The van der Waals surface area contributed by atoms with Crippen molar-refractivity contribution in [3.05, 3.63) is 30.3 Å². The highest BCUT2D eigenvalue weighted by molar-refractivity contribution is 5.81. The number of nitrogens with one attached hydrogen (secondary N) is 1. The van der Waals surface area contributed by atoms with Crippen molar-refractivity contribution in [3.63, 3.8) is 0 Å². The van der Waals surface area contributed by atoms with Gasteiger partial charge in [0, 0.05) is 12.7 Å². The molecule has 0 saturated heterocycles. The Labute approximate surface area is 114 Å². The number of carbonyl (C=O) groups is 1. The number of aliphatic hydroxyl groups excluding tert-OH is 1. The molecule has 0 bridgehead atoms. The number of benzene rings is 1. The Kier molecular flexibility index (Phi) is 4.80. The van der Waals surface area contributed by atoms with Gasteiger partial charge in [-0.15, -0.1) is 0 Å². The van der Waals surface area contributed by atoms with E-state index < -0.39 is 0 Å². The van der Waals surface area contributed by atoms with Crippen LogP contribution in [0.3, 0.4) is 0 Å². The summed E-state index contributed by atoms with van der Waals surface area (Å²) in [6.45, 7) is 0.268. The zero-order valence-corrected chi connectivity index (χ0v) is 11.4. The van der Waals surface area contributed by atoms with Crippen LogP contribution in [-0.2, 0) is 4.79 Å². The van der Waals surface area contributed by atoms with Crippen LogP contribution in [0.5, 0.6) is 0 Å². The Balaban J connectivity index is 1.85. The van der Waals surface area contributed by atoms with Gasteiger partial charge in [0.1, 0.15) is 0 Å². The molecule has 1 fully saturated rings. The number of aliphatic hydroxyl groups is 1. The van der Waals surface area contributed by atoms with E-state index >= 15 is 0 Å². The number of nitrogens with zero attached hydrogens (tertiary/aromatic N) is 1. The summed E-state index contributed by atoms with van der Waals surface area (Å²) in [5.74, 6) is 0.0230. The third-order valence-electron chi connectivity index (χ3n) is 3.80. The zero-order valence-electron chi connectivity index (χ0n) is 11.4. The summed E-state index contributed by atoms with van der Waals surface area (Å²) in [6.07, 6.45) is 3.47. The minimum Gasteiger partial charge on any atom is -0.391 e. The normalized spacial score (nSPS) is 22.8. The number of amides is 1. The van der Waals surface area contributed by atoms with Crippen LogP contribution in [0, 0.1) is 0 Å². The maximum atomic E-state index is 12.1. The maximum Gasteiger partial charge on any atom is 0.241 e. The summed E-state index contributed by atoms with van der Waals surface area (Å²) in [5.41, 5.74) is 0.938. The molecule has 0 aromatic heterocycles. The van der Waals surface area contributed by atoms with Crippen LogP contribution in [-0.4, -0.2) is 41.7 Å². The second-order valence-electron chi connectivity index (χ2n) is 5.14. The highest BCUT2D eigenvalue weighted by atomic mass is 16.3. The van der Waals surface area contributed by atoms with Crippen molar-refractivity contribution < 1.29 is 9.90 Å². The van der Waals surface area contributed by atoms with Crippen molar-refractivity contribution in [1.29, 1.82) is 0 Å². The lowest BCUT2D eigenvalue weighted by atomic mass is 9.91. The number of likely N-dealkylation sites (N-methyl/N-ethyl adjacent to an activating group) is 1. The Morgan fingerprint density at radius 1 is 1.32 bits per heavy atom. The Hall–Kier alpha value is -1.55. The van der Waals surface area contributed by atoms with Gasteiger partial charge in [-0.3, -0.25) is 4.79 Å². The summed E-state index contributed by atoms with van der Waals surface area (Å²) in [6, 6.07) is 9.64. The molecule has 1 saturated carbocycles. The molecule has 4 nitrogen and oxygen atoms in total. The zero-order chi connectivity index (χ0) is 13.7. The SMILES string of the molecule is CN(C(=O)CNc1ccccc1)C1CCCCC1O. The van der Waals surface area contributed by atoms with Crippen LogP contribution in [0.25, 0.3) is 0 Å². The predicted molar refractivity (Wildman–Crippen MR) is 76.0 cm³/mol. The minimum absolute atomic E-state index is 0.0230. The molecule has 0 aliphatic heterocycles. The van der Waals surface area contributed by atoms with Gasteiger partial charge in [0.05, 0.1) is 18.7 Å². The Bertz CT molecular complexity index is 408. The van der Waals surface area contributed by atoms with E-state index in [-0.39, 0.29) is 24.6 Å². The molecule has 1 amide bonds. The molecular weight excluding hydrogens is 240 g/mol. The van der Waals surface area contributed by atoms with Gasteiger partial charge >= 0.3 is 0 Å². The van der Waals surface area contributed by atoms with Gasteiger partial charge in [0.25, 0.3) is 0 Å². The number of hydrogen-bond acceptors (Lipinski definition) is 3. The molecule has 2 N–H and O–H groups in total. The van der Waals surface area contributed by atoms with E-state index in [4.69, 9.17) is 0 Å². The standard InChI is InChI=1S/C15H22N2O2/c1-17(13-9-5-6-10-14(13)18)15(19)11-16-12-7-3-2-4-8-12/h2-4,7-8,13-14,16,18H,5-6,9-11H2,1H3. The van der Waals surface area contributed by atoms with E-state index in [1.807, 2.05) is 30.3 Å². The fourth-order valence-corrected chi connectivity index (χ4v) is 2.59. The van der Waals surface area contributed by atoms with E-state index in [1.54, 1.807) is 11.9 Å². The molecule has 1 aliphatic rings. The van der Waals surface area contributed by atoms with Gasteiger partial charge in [0.2, 0.25) is 5.91 Å². The van der Waals surface area contributed by atoms with E-state index in [9.17, 15) is 9.90 Å². The summed E-state index contributed by atoms with van der Waals surface area (Å²) in [5, 5.41) is 13.1.